The first kappa shape index (κ1) is 9.38. The van der Waals surface area contributed by atoms with Gasteiger partial charge in [0.15, 0.2) is 5.82 Å². The Morgan fingerprint density at radius 1 is 1.40 bits per heavy atom. The van der Waals surface area contributed by atoms with Gasteiger partial charge in [-0.25, -0.2) is 9.97 Å². The van der Waals surface area contributed by atoms with Gasteiger partial charge in [-0.15, -0.1) is 5.10 Å². The number of aryl methyl sites for hydroxylation is 1. The maximum absolute atomic E-state index is 5.67. The summed E-state index contributed by atoms with van der Waals surface area (Å²) >= 11 is 0. The van der Waals surface area contributed by atoms with Gasteiger partial charge in [0.2, 0.25) is 5.95 Å². The zero-order valence-electron chi connectivity index (χ0n) is 8.47. The van der Waals surface area contributed by atoms with E-state index in [9.17, 15) is 0 Å². The lowest BCUT2D eigenvalue weighted by Crippen LogP contribution is -2.06. The van der Waals surface area contributed by atoms with Crippen molar-refractivity contribution < 1.29 is 0 Å². The van der Waals surface area contributed by atoms with Crippen LogP contribution < -0.4 is 11.1 Å². The number of nitrogen functional groups attached to an aromatic ring is 1. The molecule has 0 saturated carbocycles. The average molecular weight is 205 g/mol. The topological polar surface area (TPSA) is 94.5 Å². The van der Waals surface area contributed by atoms with E-state index in [0.717, 1.165) is 0 Å². The number of hydrogen-bond acceptors (Lipinski definition) is 6. The largest absolute Gasteiger partial charge is 0.373 e. The number of rotatable bonds is 2. The molecule has 0 atom stereocenters. The summed E-state index contributed by atoms with van der Waals surface area (Å²) in [4.78, 5) is 12.0. The van der Waals surface area contributed by atoms with Gasteiger partial charge in [-0.1, -0.05) is 0 Å². The molecule has 15 heavy (non-hydrogen) atoms. The lowest BCUT2D eigenvalue weighted by Gasteiger charge is -2.03. The number of nitrogens with two attached hydrogens (primary N) is 1. The van der Waals surface area contributed by atoms with Gasteiger partial charge in [-0.05, 0) is 6.92 Å². The summed E-state index contributed by atoms with van der Waals surface area (Å²) in [5.74, 6) is 2.21. The van der Waals surface area contributed by atoms with Crippen molar-refractivity contribution >= 4 is 11.8 Å². The second-order valence-electron chi connectivity index (χ2n) is 2.94. The third-order valence-corrected chi connectivity index (χ3v) is 1.86. The standard InChI is InChI=1S/C8H11N7/c1-5-13-8(9)15(14-5)7-3-6(10-2)11-4-12-7/h3-4H,1-2H3,(H2,9,13,14)(H,10,11,12). The van der Waals surface area contributed by atoms with Crippen molar-refractivity contribution in [3.8, 4) is 5.82 Å². The molecule has 7 heteroatoms. The molecule has 0 aliphatic heterocycles. The second kappa shape index (κ2) is 3.52. The zero-order chi connectivity index (χ0) is 10.8. The SMILES string of the molecule is CNc1cc(-n2nc(C)nc2N)ncn1. The molecule has 0 bridgehead atoms. The average Bonchev–Trinajstić information content (AvgIpc) is 2.58. The smallest absolute Gasteiger partial charge is 0.225 e. The van der Waals surface area contributed by atoms with Crippen LogP contribution in [-0.2, 0) is 0 Å². The van der Waals surface area contributed by atoms with Crippen molar-refractivity contribution in [1.82, 2.24) is 24.7 Å². The number of aromatic nitrogens is 5. The van der Waals surface area contributed by atoms with Crippen molar-refractivity contribution in [2.45, 2.75) is 6.92 Å². The van der Waals surface area contributed by atoms with E-state index in [-0.39, 0.29) is 0 Å². The predicted molar refractivity (Wildman–Crippen MR) is 55.6 cm³/mol. The number of anilines is 2. The van der Waals surface area contributed by atoms with Gasteiger partial charge in [-0.3, -0.25) is 0 Å². The Balaban J connectivity index is 2.49. The third kappa shape index (κ3) is 1.71. The Labute approximate surface area is 86.4 Å². The Hall–Kier alpha value is -2.18. The molecule has 0 spiro atoms. The second-order valence-corrected chi connectivity index (χ2v) is 2.94. The zero-order valence-corrected chi connectivity index (χ0v) is 8.47. The molecule has 0 fully saturated rings. The molecule has 0 aliphatic carbocycles. The number of nitrogens with one attached hydrogen (secondary N) is 1. The fourth-order valence-corrected chi connectivity index (χ4v) is 1.20. The van der Waals surface area contributed by atoms with Gasteiger partial charge in [0.25, 0.3) is 0 Å². The van der Waals surface area contributed by atoms with Crippen LogP contribution in [0.25, 0.3) is 5.82 Å². The molecule has 0 unspecified atom stereocenters. The quantitative estimate of drug-likeness (QED) is 0.716. The molecule has 2 heterocycles. The van der Waals surface area contributed by atoms with E-state index in [1.807, 2.05) is 0 Å². The molecule has 7 nitrogen and oxygen atoms in total. The maximum Gasteiger partial charge on any atom is 0.225 e. The fourth-order valence-electron chi connectivity index (χ4n) is 1.20. The van der Waals surface area contributed by atoms with Crippen LogP contribution in [0.2, 0.25) is 0 Å². The van der Waals surface area contributed by atoms with E-state index >= 15 is 0 Å². The van der Waals surface area contributed by atoms with Crippen LogP contribution in [0.3, 0.4) is 0 Å². The van der Waals surface area contributed by atoms with Crippen molar-refractivity contribution in [2.24, 2.45) is 0 Å². The maximum atomic E-state index is 5.67. The minimum atomic E-state index is 0.313. The highest BCUT2D eigenvalue weighted by molar-refractivity contribution is 5.41. The summed E-state index contributed by atoms with van der Waals surface area (Å²) in [6.07, 6.45) is 1.44. The van der Waals surface area contributed by atoms with E-state index in [1.54, 1.807) is 20.0 Å². The first-order valence-electron chi connectivity index (χ1n) is 4.40. The van der Waals surface area contributed by atoms with Gasteiger partial charge in [-0.2, -0.15) is 9.67 Å². The van der Waals surface area contributed by atoms with E-state index in [2.05, 4.69) is 25.4 Å². The van der Waals surface area contributed by atoms with E-state index in [4.69, 9.17) is 5.73 Å². The molecule has 0 radical (unpaired) electrons. The molecule has 78 valence electrons. The monoisotopic (exact) mass is 205 g/mol. The van der Waals surface area contributed by atoms with Crippen LogP contribution in [-0.4, -0.2) is 31.8 Å². The first-order valence-corrected chi connectivity index (χ1v) is 4.40. The summed E-state index contributed by atoms with van der Waals surface area (Å²) in [5, 5.41) is 7.03. The molecule has 2 rings (SSSR count). The van der Waals surface area contributed by atoms with Gasteiger partial charge in [0.1, 0.15) is 18.0 Å². The molecule has 0 aromatic carbocycles. The minimum absolute atomic E-state index is 0.313. The van der Waals surface area contributed by atoms with Crippen LogP contribution >= 0.6 is 0 Å². The highest BCUT2D eigenvalue weighted by Crippen LogP contribution is 2.10. The fraction of sp³-hybridized carbons (Fsp3) is 0.250. The predicted octanol–water partition coefficient (Wildman–Crippen LogP) is -0.0104. The van der Waals surface area contributed by atoms with E-state index in [0.29, 0.717) is 23.4 Å². The van der Waals surface area contributed by atoms with Crippen LogP contribution in [0.15, 0.2) is 12.4 Å². The molecule has 0 amide bonds. The molecule has 0 saturated heterocycles. The Kier molecular flexibility index (Phi) is 2.20. The lowest BCUT2D eigenvalue weighted by molar-refractivity contribution is 0.835. The summed E-state index contributed by atoms with van der Waals surface area (Å²) in [6, 6.07) is 1.74. The van der Waals surface area contributed by atoms with E-state index < -0.39 is 0 Å². The van der Waals surface area contributed by atoms with Crippen LogP contribution in [0.5, 0.6) is 0 Å². The van der Waals surface area contributed by atoms with Crippen molar-refractivity contribution in [3.05, 3.63) is 18.2 Å². The minimum Gasteiger partial charge on any atom is -0.373 e. The van der Waals surface area contributed by atoms with Gasteiger partial charge in [0.05, 0.1) is 0 Å². The summed E-state index contributed by atoms with van der Waals surface area (Å²) in [5.41, 5.74) is 5.67. The van der Waals surface area contributed by atoms with Crippen LogP contribution in [0, 0.1) is 6.92 Å². The number of hydrogen-bond donors (Lipinski definition) is 2. The molecule has 0 aliphatic rings. The third-order valence-electron chi connectivity index (χ3n) is 1.86. The Morgan fingerprint density at radius 2 is 2.20 bits per heavy atom. The van der Waals surface area contributed by atoms with Crippen molar-refractivity contribution in [3.63, 3.8) is 0 Å². The summed E-state index contributed by atoms with van der Waals surface area (Å²) in [6.45, 7) is 1.77. The lowest BCUT2D eigenvalue weighted by atomic mass is 10.5. The highest BCUT2D eigenvalue weighted by Gasteiger charge is 2.07. The van der Waals surface area contributed by atoms with Crippen LogP contribution in [0.1, 0.15) is 5.82 Å². The van der Waals surface area contributed by atoms with E-state index in [1.165, 1.54) is 11.0 Å². The van der Waals surface area contributed by atoms with Crippen molar-refractivity contribution in [1.29, 1.82) is 0 Å². The first-order chi connectivity index (χ1) is 7.20. The highest BCUT2D eigenvalue weighted by atomic mass is 15.4. The summed E-state index contributed by atoms with van der Waals surface area (Å²) in [7, 11) is 1.78. The molecule has 3 N–H and O–H groups in total. The normalized spacial score (nSPS) is 10.3. The molecular formula is C8H11N7. The Morgan fingerprint density at radius 3 is 2.80 bits per heavy atom. The number of nitrogens with zero attached hydrogens (tertiary/aromatic N) is 5. The van der Waals surface area contributed by atoms with Gasteiger partial charge >= 0.3 is 0 Å². The molecule has 2 aromatic rings. The molecule has 2 aromatic heterocycles. The Bertz CT molecular complexity index is 476. The molecular weight excluding hydrogens is 194 g/mol. The van der Waals surface area contributed by atoms with Crippen LogP contribution in [0.4, 0.5) is 11.8 Å². The van der Waals surface area contributed by atoms with Gasteiger partial charge in [0, 0.05) is 13.1 Å². The summed E-state index contributed by atoms with van der Waals surface area (Å²) < 4.78 is 1.47. The van der Waals surface area contributed by atoms with Crippen molar-refractivity contribution in [2.75, 3.05) is 18.1 Å². The van der Waals surface area contributed by atoms with Gasteiger partial charge < -0.3 is 11.1 Å².